The number of halogens is 4. The minimum Gasteiger partial charge on any atom is -0.390 e. The molecule has 3 heterocycles. The highest BCUT2D eigenvalue weighted by atomic mass is 19.4. The van der Waals surface area contributed by atoms with Gasteiger partial charge in [0.2, 0.25) is 0 Å². The van der Waals surface area contributed by atoms with Gasteiger partial charge in [0.05, 0.1) is 35.7 Å². The van der Waals surface area contributed by atoms with Crippen molar-refractivity contribution in [3.63, 3.8) is 0 Å². The molecule has 1 atom stereocenters. The van der Waals surface area contributed by atoms with E-state index in [2.05, 4.69) is 15.2 Å². The van der Waals surface area contributed by atoms with Crippen LogP contribution in [-0.2, 0) is 6.18 Å². The zero-order chi connectivity index (χ0) is 23.6. The van der Waals surface area contributed by atoms with Gasteiger partial charge in [-0.05, 0) is 12.1 Å². The average molecular weight is 466 g/mol. The molecule has 1 unspecified atom stereocenters. The molecule has 4 rings (SSSR count). The molecule has 12 heteroatoms. The summed E-state index contributed by atoms with van der Waals surface area (Å²) in [5, 5.41) is 17.3. The lowest BCUT2D eigenvalue weighted by molar-refractivity contribution is -0.140. The van der Waals surface area contributed by atoms with Crippen LogP contribution >= 0.6 is 0 Å². The predicted molar refractivity (Wildman–Crippen MR) is 112 cm³/mol. The molecule has 2 N–H and O–H groups in total. The number of nitrogens with one attached hydrogen (secondary N) is 1. The molecule has 2 aliphatic rings. The second-order valence-electron chi connectivity index (χ2n) is 7.81. The number of hydrogen-bond donors (Lipinski definition) is 2. The fourth-order valence-corrected chi connectivity index (χ4v) is 3.93. The number of amides is 1. The van der Waals surface area contributed by atoms with Gasteiger partial charge in [0.15, 0.2) is 0 Å². The van der Waals surface area contributed by atoms with Gasteiger partial charge in [0.25, 0.3) is 5.91 Å². The first-order valence-corrected chi connectivity index (χ1v) is 10.3. The number of benzene rings is 1. The quantitative estimate of drug-likeness (QED) is 0.675. The lowest BCUT2D eigenvalue weighted by Crippen LogP contribution is -2.39. The Morgan fingerprint density at radius 3 is 2.76 bits per heavy atom. The topological polar surface area (TPSA) is 88.1 Å². The van der Waals surface area contributed by atoms with E-state index in [1.165, 1.54) is 4.90 Å². The van der Waals surface area contributed by atoms with Gasteiger partial charge in [-0.15, -0.1) is 0 Å². The molecule has 1 aromatic heterocycles. The zero-order valence-corrected chi connectivity index (χ0v) is 17.5. The third kappa shape index (κ3) is 5.06. The van der Waals surface area contributed by atoms with Crippen LogP contribution in [0.1, 0.15) is 15.9 Å². The number of aromatic nitrogens is 2. The van der Waals surface area contributed by atoms with E-state index in [4.69, 9.17) is 0 Å². The fraction of sp³-hybridized carbons (Fsp3) is 0.381. The van der Waals surface area contributed by atoms with Crippen LogP contribution in [0.2, 0.25) is 0 Å². The first-order valence-electron chi connectivity index (χ1n) is 10.3. The van der Waals surface area contributed by atoms with Crippen LogP contribution < -0.4 is 4.90 Å². The van der Waals surface area contributed by atoms with E-state index in [1.54, 1.807) is 18.6 Å². The molecule has 1 amide bonds. The largest absolute Gasteiger partial charge is 0.419 e. The van der Waals surface area contributed by atoms with Crippen LogP contribution in [0.15, 0.2) is 47.4 Å². The molecule has 1 saturated heterocycles. The van der Waals surface area contributed by atoms with Crippen molar-refractivity contribution in [1.29, 1.82) is 0 Å². The third-order valence-electron chi connectivity index (χ3n) is 5.51. The maximum atomic E-state index is 14.5. The summed E-state index contributed by atoms with van der Waals surface area (Å²) < 4.78 is 53.6. The van der Waals surface area contributed by atoms with Crippen molar-refractivity contribution in [2.24, 2.45) is 4.99 Å². The second kappa shape index (κ2) is 9.32. The summed E-state index contributed by atoms with van der Waals surface area (Å²) in [6.07, 6.45) is -0.802. The van der Waals surface area contributed by atoms with E-state index in [0.717, 1.165) is 23.6 Å². The van der Waals surface area contributed by atoms with Crippen molar-refractivity contribution >= 4 is 17.9 Å². The number of hydrogen-bond acceptors (Lipinski definition) is 6. The highest BCUT2D eigenvalue weighted by Crippen LogP contribution is 2.32. The molecule has 2 aromatic rings. The lowest BCUT2D eigenvalue weighted by atomic mass is 10.1. The SMILES string of the molecule is O=C(c1cccc(C(F)(F)F)c1F)N1CCN(CC2=CN=CCN2c2ccn[nH]2)CC(O)C1. The number of β-amino-alcohol motifs (C(OH)–C–C–N with tert-alkyl or cyclic N) is 1. The van der Waals surface area contributed by atoms with Gasteiger partial charge >= 0.3 is 6.18 Å². The van der Waals surface area contributed by atoms with Crippen LogP contribution in [0.25, 0.3) is 0 Å². The van der Waals surface area contributed by atoms with E-state index < -0.39 is 35.1 Å². The number of aliphatic imine (C=N–C) groups is 1. The smallest absolute Gasteiger partial charge is 0.390 e. The molecule has 1 fully saturated rings. The van der Waals surface area contributed by atoms with Crippen molar-refractivity contribution < 1.29 is 27.5 Å². The Kier molecular flexibility index (Phi) is 6.47. The molecule has 0 spiro atoms. The maximum Gasteiger partial charge on any atom is 0.419 e. The van der Waals surface area contributed by atoms with Gasteiger partial charge in [0.1, 0.15) is 11.6 Å². The number of aliphatic hydroxyl groups is 1. The molecule has 33 heavy (non-hydrogen) atoms. The summed E-state index contributed by atoms with van der Waals surface area (Å²) in [5.74, 6) is -1.72. The minimum absolute atomic E-state index is 0.117. The summed E-state index contributed by atoms with van der Waals surface area (Å²) in [6.45, 7) is 1.50. The number of anilines is 1. The maximum absolute atomic E-state index is 14.5. The molecule has 0 bridgehead atoms. The molecule has 0 aliphatic carbocycles. The molecule has 0 saturated carbocycles. The van der Waals surface area contributed by atoms with Gasteiger partial charge in [-0.1, -0.05) is 6.07 Å². The van der Waals surface area contributed by atoms with Crippen LogP contribution in [0, 0.1) is 5.82 Å². The first-order chi connectivity index (χ1) is 15.7. The summed E-state index contributed by atoms with van der Waals surface area (Å²) in [4.78, 5) is 22.1. The summed E-state index contributed by atoms with van der Waals surface area (Å²) in [5.41, 5.74) is -1.31. The molecule has 0 radical (unpaired) electrons. The van der Waals surface area contributed by atoms with Crippen molar-refractivity contribution in [1.82, 2.24) is 20.0 Å². The summed E-state index contributed by atoms with van der Waals surface area (Å²) in [7, 11) is 0. The van der Waals surface area contributed by atoms with Crippen molar-refractivity contribution in [2.45, 2.75) is 12.3 Å². The number of carbonyl (C=O) groups is 1. The number of rotatable bonds is 4. The van der Waals surface area contributed by atoms with Crippen molar-refractivity contribution in [2.75, 3.05) is 44.2 Å². The first kappa shape index (κ1) is 22.9. The van der Waals surface area contributed by atoms with Gasteiger partial charge < -0.3 is 14.9 Å². The summed E-state index contributed by atoms with van der Waals surface area (Å²) >= 11 is 0. The van der Waals surface area contributed by atoms with Crippen molar-refractivity contribution in [3.05, 3.63) is 59.3 Å². The van der Waals surface area contributed by atoms with Crippen molar-refractivity contribution in [3.8, 4) is 0 Å². The highest BCUT2D eigenvalue weighted by molar-refractivity contribution is 5.94. The van der Waals surface area contributed by atoms with Gasteiger partial charge in [-0.25, -0.2) is 4.39 Å². The molecule has 8 nitrogen and oxygen atoms in total. The number of H-pyrrole nitrogens is 1. The van der Waals surface area contributed by atoms with E-state index >= 15 is 0 Å². The highest BCUT2D eigenvalue weighted by Gasteiger charge is 2.37. The van der Waals surface area contributed by atoms with Gasteiger partial charge in [-0.2, -0.15) is 18.3 Å². The fourth-order valence-electron chi connectivity index (χ4n) is 3.93. The average Bonchev–Trinajstić information content (AvgIpc) is 3.23. The molecular weight excluding hydrogens is 444 g/mol. The lowest BCUT2D eigenvalue weighted by Gasteiger charge is -2.30. The number of carbonyl (C=O) groups excluding carboxylic acids is 1. The Labute approximate surface area is 186 Å². The minimum atomic E-state index is -4.91. The second-order valence-corrected chi connectivity index (χ2v) is 7.81. The van der Waals surface area contributed by atoms with Crippen LogP contribution in [0.3, 0.4) is 0 Å². The van der Waals surface area contributed by atoms with Crippen LogP contribution in [0.4, 0.5) is 23.4 Å². The summed E-state index contributed by atoms with van der Waals surface area (Å²) in [6, 6.07) is 4.43. The van der Waals surface area contributed by atoms with E-state index in [1.807, 2.05) is 15.9 Å². The number of alkyl halides is 3. The molecule has 2 aliphatic heterocycles. The monoisotopic (exact) mass is 466 g/mol. The van der Waals surface area contributed by atoms with Crippen LogP contribution in [0.5, 0.6) is 0 Å². The Bertz CT molecular complexity index is 1050. The van der Waals surface area contributed by atoms with Crippen LogP contribution in [-0.4, -0.2) is 82.6 Å². The van der Waals surface area contributed by atoms with E-state index in [0.29, 0.717) is 25.7 Å². The normalized spacial score (nSPS) is 20.0. The van der Waals surface area contributed by atoms with E-state index in [9.17, 15) is 27.5 Å². The Morgan fingerprint density at radius 2 is 2.03 bits per heavy atom. The van der Waals surface area contributed by atoms with Gasteiger partial charge in [-0.3, -0.25) is 19.8 Å². The number of aliphatic hydroxyl groups excluding tert-OH is 1. The molecule has 1 aromatic carbocycles. The van der Waals surface area contributed by atoms with E-state index in [-0.39, 0.29) is 19.6 Å². The number of nitrogens with zero attached hydrogens (tertiary/aromatic N) is 5. The molecular formula is C21H22F4N6O2. The third-order valence-corrected chi connectivity index (χ3v) is 5.51. The number of aromatic amines is 1. The Balaban J connectivity index is 1.47. The Morgan fingerprint density at radius 1 is 1.21 bits per heavy atom. The molecule has 176 valence electrons. The zero-order valence-electron chi connectivity index (χ0n) is 17.5. The van der Waals surface area contributed by atoms with Gasteiger partial charge in [0, 0.05) is 51.2 Å². The standard InChI is InChI=1S/C21H22F4N6O2/c22-19-16(2-1-3-17(19)21(23,24)25)20(33)30-9-8-29(12-15(32)13-30)11-14-10-26-6-7-31(14)18-4-5-27-28-18/h1-6,10,15,32H,7-9,11-13H2,(H,27,28). The Hall–Kier alpha value is -3.25. The predicted octanol–water partition coefficient (Wildman–Crippen LogP) is 2.12.